The minimum absolute atomic E-state index is 0.486. The number of anilines is 1. The van der Waals surface area contributed by atoms with Gasteiger partial charge in [0.2, 0.25) is 5.95 Å². The van der Waals surface area contributed by atoms with Gasteiger partial charge in [0.25, 0.3) is 0 Å². The number of nitrogens with zero attached hydrogens (tertiary/aromatic N) is 3. The summed E-state index contributed by atoms with van der Waals surface area (Å²) < 4.78 is 1.94. The van der Waals surface area contributed by atoms with Crippen molar-refractivity contribution in [1.82, 2.24) is 14.8 Å². The minimum Gasteiger partial charge on any atom is -0.368 e. The maximum absolute atomic E-state index is 5.76. The van der Waals surface area contributed by atoms with Gasteiger partial charge in [-0.15, -0.1) is 10.2 Å². The van der Waals surface area contributed by atoms with E-state index in [1.165, 1.54) is 5.56 Å². The van der Waals surface area contributed by atoms with Crippen molar-refractivity contribution in [2.24, 2.45) is 0 Å². The molecule has 1 aromatic heterocycles. The summed E-state index contributed by atoms with van der Waals surface area (Å²) in [7, 11) is 0. The monoisotopic (exact) mass is 234 g/mol. The SMILES string of the molecule is CSc1nnc(N)n1CCc1ccccc1. The largest absolute Gasteiger partial charge is 0.368 e. The van der Waals surface area contributed by atoms with Gasteiger partial charge >= 0.3 is 0 Å². The molecule has 1 aromatic carbocycles. The van der Waals surface area contributed by atoms with Crippen LogP contribution in [0, 0.1) is 0 Å². The first-order valence-corrected chi connectivity index (χ1v) is 6.30. The molecule has 0 unspecified atom stereocenters. The fourth-order valence-corrected chi connectivity index (χ4v) is 2.07. The molecule has 0 fully saturated rings. The second-order valence-corrected chi connectivity index (χ2v) is 4.21. The molecule has 2 aromatic rings. The fourth-order valence-electron chi connectivity index (χ4n) is 1.55. The van der Waals surface area contributed by atoms with Crippen LogP contribution in [0.1, 0.15) is 5.56 Å². The van der Waals surface area contributed by atoms with Crippen LogP contribution in [-0.2, 0) is 13.0 Å². The molecule has 0 radical (unpaired) electrons. The van der Waals surface area contributed by atoms with Crippen molar-refractivity contribution in [3.63, 3.8) is 0 Å². The highest BCUT2D eigenvalue weighted by Crippen LogP contribution is 2.15. The van der Waals surface area contributed by atoms with E-state index in [1.54, 1.807) is 11.8 Å². The smallest absolute Gasteiger partial charge is 0.222 e. The highest BCUT2D eigenvalue weighted by molar-refractivity contribution is 7.98. The summed E-state index contributed by atoms with van der Waals surface area (Å²) in [6, 6.07) is 10.3. The Morgan fingerprint density at radius 2 is 2.00 bits per heavy atom. The van der Waals surface area contributed by atoms with Gasteiger partial charge in [0.1, 0.15) is 0 Å². The van der Waals surface area contributed by atoms with E-state index in [1.807, 2.05) is 29.0 Å². The molecule has 2 N–H and O–H groups in total. The van der Waals surface area contributed by atoms with Gasteiger partial charge in [-0.25, -0.2) is 0 Å². The maximum atomic E-state index is 5.76. The standard InChI is InChI=1S/C11H14N4S/c1-16-11-14-13-10(12)15(11)8-7-9-5-3-2-4-6-9/h2-6H,7-8H2,1H3,(H2,12,13). The van der Waals surface area contributed by atoms with Gasteiger partial charge in [-0.1, -0.05) is 42.1 Å². The Balaban J connectivity index is 2.07. The van der Waals surface area contributed by atoms with Gasteiger partial charge in [0.05, 0.1) is 0 Å². The lowest BCUT2D eigenvalue weighted by molar-refractivity contribution is 0.642. The van der Waals surface area contributed by atoms with E-state index in [2.05, 4.69) is 22.3 Å². The molecule has 4 nitrogen and oxygen atoms in total. The van der Waals surface area contributed by atoms with E-state index < -0.39 is 0 Å². The zero-order chi connectivity index (χ0) is 11.4. The van der Waals surface area contributed by atoms with Crippen molar-refractivity contribution in [1.29, 1.82) is 0 Å². The number of aromatic nitrogens is 3. The van der Waals surface area contributed by atoms with Gasteiger partial charge in [-0.2, -0.15) is 0 Å². The number of rotatable bonds is 4. The molecule has 16 heavy (non-hydrogen) atoms. The molecule has 0 aliphatic rings. The topological polar surface area (TPSA) is 56.7 Å². The number of aryl methyl sites for hydroxylation is 1. The van der Waals surface area contributed by atoms with Crippen LogP contribution in [0.25, 0.3) is 0 Å². The molecule has 0 bridgehead atoms. The van der Waals surface area contributed by atoms with E-state index in [4.69, 9.17) is 5.73 Å². The minimum atomic E-state index is 0.486. The van der Waals surface area contributed by atoms with Crippen molar-refractivity contribution in [3.8, 4) is 0 Å². The summed E-state index contributed by atoms with van der Waals surface area (Å²) in [5.74, 6) is 0.486. The van der Waals surface area contributed by atoms with Crippen LogP contribution in [0.3, 0.4) is 0 Å². The molecule has 0 atom stereocenters. The lowest BCUT2D eigenvalue weighted by atomic mass is 10.1. The van der Waals surface area contributed by atoms with Gasteiger partial charge in [0.15, 0.2) is 5.16 Å². The highest BCUT2D eigenvalue weighted by atomic mass is 32.2. The summed E-state index contributed by atoms with van der Waals surface area (Å²) in [5, 5.41) is 8.74. The lowest BCUT2D eigenvalue weighted by Gasteiger charge is -2.06. The predicted octanol–water partition coefficient (Wildman–Crippen LogP) is 1.82. The summed E-state index contributed by atoms with van der Waals surface area (Å²) in [6.07, 6.45) is 2.92. The van der Waals surface area contributed by atoms with Crippen LogP contribution < -0.4 is 5.73 Å². The molecule has 0 aliphatic heterocycles. The molecule has 2 rings (SSSR count). The average molecular weight is 234 g/mol. The predicted molar refractivity (Wildman–Crippen MR) is 66.4 cm³/mol. The summed E-state index contributed by atoms with van der Waals surface area (Å²) >= 11 is 1.56. The summed E-state index contributed by atoms with van der Waals surface area (Å²) in [6.45, 7) is 0.818. The second kappa shape index (κ2) is 5.03. The number of hydrogen-bond donors (Lipinski definition) is 1. The van der Waals surface area contributed by atoms with E-state index in [0.29, 0.717) is 5.95 Å². The highest BCUT2D eigenvalue weighted by Gasteiger charge is 2.07. The number of nitrogen functional groups attached to an aromatic ring is 1. The lowest BCUT2D eigenvalue weighted by Crippen LogP contribution is -2.06. The molecular weight excluding hydrogens is 220 g/mol. The first-order chi connectivity index (χ1) is 7.81. The Morgan fingerprint density at radius 1 is 1.25 bits per heavy atom. The number of benzene rings is 1. The Kier molecular flexibility index (Phi) is 3.46. The van der Waals surface area contributed by atoms with Crippen LogP contribution >= 0.6 is 11.8 Å². The van der Waals surface area contributed by atoms with Crippen LogP contribution in [0.5, 0.6) is 0 Å². The molecule has 84 valence electrons. The Bertz CT molecular complexity index is 452. The Hall–Kier alpha value is -1.49. The van der Waals surface area contributed by atoms with Crippen LogP contribution in [0.15, 0.2) is 35.5 Å². The number of thioether (sulfide) groups is 1. The number of hydrogen-bond acceptors (Lipinski definition) is 4. The summed E-state index contributed by atoms with van der Waals surface area (Å²) in [5.41, 5.74) is 7.05. The second-order valence-electron chi connectivity index (χ2n) is 3.43. The average Bonchev–Trinajstić information content (AvgIpc) is 2.69. The van der Waals surface area contributed by atoms with Crippen molar-refractivity contribution in [3.05, 3.63) is 35.9 Å². The molecular formula is C11H14N4S. The quantitative estimate of drug-likeness (QED) is 0.820. The zero-order valence-corrected chi connectivity index (χ0v) is 9.94. The molecule has 1 heterocycles. The van der Waals surface area contributed by atoms with Crippen molar-refractivity contribution < 1.29 is 0 Å². The third-order valence-electron chi connectivity index (χ3n) is 2.39. The molecule has 0 saturated heterocycles. The third-order valence-corrected chi connectivity index (χ3v) is 3.06. The first-order valence-electron chi connectivity index (χ1n) is 5.08. The van der Waals surface area contributed by atoms with E-state index >= 15 is 0 Å². The van der Waals surface area contributed by atoms with E-state index in [-0.39, 0.29) is 0 Å². The van der Waals surface area contributed by atoms with Gasteiger partial charge in [-0.3, -0.25) is 4.57 Å². The fraction of sp³-hybridized carbons (Fsp3) is 0.273. The summed E-state index contributed by atoms with van der Waals surface area (Å²) in [4.78, 5) is 0. The maximum Gasteiger partial charge on any atom is 0.222 e. The molecule has 0 spiro atoms. The van der Waals surface area contributed by atoms with Crippen molar-refractivity contribution in [2.45, 2.75) is 18.1 Å². The van der Waals surface area contributed by atoms with Crippen LogP contribution in [0.2, 0.25) is 0 Å². The molecule has 5 heteroatoms. The Morgan fingerprint density at radius 3 is 2.69 bits per heavy atom. The van der Waals surface area contributed by atoms with E-state index in [0.717, 1.165) is 18.1 Å². The molecule has 0 amide bonds. The van der Waals surface area contributed by atoms with Gasteiger partial charge in [0, 0.05) is 6.54 Å². The van der Waals surface area contributed by atoms with Crippen molar-refractivity contribution >= 4 is 17.7 Å². The zero-order valence-electron chi connectivity index (χ0n) is 9.13. The van der Waals surface area contributed by atoms with Crippen molar-refractivity contribution in [2.75, 3.05) is 12.0 Å². The Labute approximate surface area is 98.9 Å². The number of nitrogens with two attached hydrogens (primary N) is 1. The molecule has 0 saturated carbocycles. The van der Waals surface area contributed by atoms with E-state index in [9.17, 15) is 0 Å². The van der Waals surface area contributed by atoms with Crippen LogP contribution in [-0.4, -0.2) is 21.0 Å². The van der Waals surface area contributed by atoms with Gasteiger partial charge < -0.3 is 5.73 Å². The molecule has 0 aliphatic carbocycles. The third kappa shape index (κ3) is 2.36. The van der Waals surface area contributed by atoms with Crippen LogP contribution in [0.4, 0.5) is 5.95 Å². The normalized spacial score (nSPS) is 10.6. The first kappa shape index (κ1) is 11.0. The van der Waals surface area contributed by atoms with Gasteiger partial charge in [-0.05, 0) is 18.2 Å².